The lowest BCUT2D eigenvalue weighted by molar-refractivity contribution is 0.0950. The molecule has 174 valence electrons. The monoisotopic (exact) mass is 476 g/mol. The fraction of sp³-hybridized carbons (Fsp3) is 0.192. The number of hydrogen-bond acceptors (Lipinski definition) is 5. The summed E-state index contributed by atoms with van der Waals surface area (Å²) >= 11 is 1.51. The van der Waals surface area contributed by atoms with Gasteiger partial charge in [0.25, 0.3) is 5.91 Å². The Morgan fingerprint density at radius 2 is 1.85 bits per heavy atom. The molecular weight excluding hydrogens is 451 g/mol. The van der Waals surface area contributed by atoms with Crippen molar-refractivity contribution >= 4 is 17.7 Å². The van der Waals surface area contributed by atoms with E-state index in [1.54, 1.807) is 25.3 Å². The molecule has 0 aliphatic carbocycles. The average Bonchev–Trinajstić information content (AvgIpc) is 3.25. The van der Waals surface area contributed by atoms with Gasteiger partial charge in [0.05, 0.1) is 0 Å². The minimum absolute atomic E-state index is 0.180. The number of halogens is 1. The van der Waals surface area contributed by atoms with E-state index < -0.39 is 0 Å². The van der Waals surface area contributed by atoms with Gasteiger partial charge in [0.2, 0.25) is 0 Å². The topological polar surface area (TPSA) is 69.0 Å². The Bertz CT molecular complexity index is 1270. The number of carbonyl (C=O) groups is 1. The molecule has 3 aromatic carbocycles. The molecular formula is C26H25FN4O2S. The van der Waals surface area contributed by atoms with Crippen LogP contribution in [-0.4, -0.2) is 27.8 Å². The SMILES string of the molecule is COCc1nnc(SCc2ccccc2C(=O)NCc2ccc(F)cc2)n1-c1cccc(C)c1. The number of ether oxygens (including phenoxy) is 1. The maximum Gasteiger partial charge on any atom is 0.251 e. The second-order valence-electron chi connectivity index (χ2n) is 7.76. The van der Waals surface area contributed by atoms with E-state index in [1.165, 1.54) is 23.9 Å². The molecule has 1 heterocycles. The largest absolute Gasteiger partial charge is 0.377 e. The van der Waals surface area contributed by atoms with Gasteiger partial charge in [0.1, 0.15) is 12.4 Å². The molecule has 1 N–H and O–H groups in total. The van der Waals surface area contributed by atoms with Crippen LogP contribution >= 0.6 is 11.8 Å². The van der Waals surface area contributed by atoms with Crippen LogP contribution in [0.2, 0.25) is 0 Å². The summed E-state index contributed by atoms with van der Waals surface area (Å²) in [6, 6.07) is 21.7. The second kappa shape index (κ2) is 11.1. The zero-order valence-electron chi connectivity index (χ0n) is 19.0. The second-order valence-corrected chi connectivity index (χ2v) is 8.70. The molecule has 1 aromatic heterocycles. The lowest BCUT2D eigenvalue weighted by atomic mass is 10.1. The average molecular weight is 477 g/mol. The van der Waals surface area contributed by atoms with Crippen molar-refractivity contribution in [2.75, 3.05) is 7.11 Å². The number of thioether (sulfide) groups is 1. The molecule has 0 aliphatic heterocycles. The number of benzene rings is 3. The van der Waals surface area contributed by atoms with Crippen molar-refractivity contribution in [3.05, 3.63) is 107 Å². The first-order valence-electron chi connectivity index (χ1n) is 10.8. The number of nitrogens with zero attached hydrogens (tertiary/aromatic N) is 3. The highest BCUT2D eigenvalue weighted by atomic mass is 32.2. The molecule has 0 saturated carbocycles. The van der Waals surface area contributed by atoms with E-state index in [1.807, 2.05) is 47.9 Å². The molecule has 4 rings (SSSR count). The van der Waals surface area contributed by atoms with E-state index in [-0.39, 0.29) is 11.7 Å². The van der Waals surface area contributed by atoms with Crippen LogP contribution in [0, 0.1) is 12.7 Å². The van der Waals surface area contributed by atoms with Crippen molar-refractivity contribution in [1.29, 1.82) is 0 Å². The number of amides is 1. The van der Waals surface area contributed by atoms with Gasteiger partial charge in [-0.1, -0.05) is 54.2 Å². The van der Waals surface area contributed by atoms with Crippen molar-refractivity contribution in [3.63, 3.8) is 0 Å². The summed E-state index contributed by atoms with van der Waals surface area (Å²) in [7, 11) is 1.63. The minimum atomic E-state index is -0.301. The minimum Gasteiger partial charge on any atom is -0.377 e. The van der Waals surface area contributed by atoms with E-state index in [0.717, 1.165) is 27.5 Å². The van der Waals surface area contributed by atoms with Gasteiger partial charge in [-0.2, -0.15) is 0 Å². The van der Waals surface area contributed by atoms with Gasteiger partial charge in [-0.05, 0) is 53.9 Å². The van der Waals surface area contributed by atoms with Crippen LogP contribution in [0.1, 0.15) is 32.9 Å². The molecule has 0 spiro atoms. The van der Waals surface area contributed by atoms with E-state index in [2.05, 4.69) is 21.6 Å². The van der Waals surface area contributed by atoms with Crippen molar-refractivity contribution in [3.8, 4) is 5.69 Å². The van der Waals surface area contributed by atoms with Gasteiger partial charge in [0, 0.05) is 30.7 Å². The van der Waals surface area contributed by atoms with Gasteiger partial charge in [-0.3, -0.25) is 9.36 Å². The van der Waals surface area contributed by atoms with Gasteiger partial charge in [0.15, 0.2) is 11.0 Å². The number of hydrogen-bond donors (Lipinski definition) is 1. The van der Waals surface area contributed by atoms with Gasteiger partial charge in [-0.15, -0.1) is 10.2 Å². The molecule has 0 bridgehead atoms. The molecule has 8 heteroatoms. The van der Waals surface area contributed by atoms with Crippen LogP contribution < -0.4 is 5.32 Å². The highest BCUT2D eigenvalue weighted by molar-refractivity contribution is 7.98. The Kier molecular flexibility index (Phi) is 7.72. The predicted octanol–water partition coefficient (Wildman–Crippen LogP) is 5.08. The van der Waals surface area contributed by atoms with E-state index in [4.69, 9.17) is 4.74 Å². The summed E-state index contributed by atoms with van der Waals surface area (Å²) in [6.07, 6.45) is 0. The Morgan fingerprint density at radius 3 is 2.62 bits per heavy atom. The zero-order valence-corrected chi connectivity index (χ0v) is 19.8. The van der Waals surface area contributed by atoms with E-state index in [9.17, 15) is 9.18 Å². The lowest BCUT2D eigenvalue weighted by Gasteiger charge is -2.12. The Balaban J connectivity index is 1.51. The Morgan fingerprint density at radius 1 is 1.06 bits per heavy atom. The van der Waals surface area contributed by atoms with Crippen molar-refractivity contribution < 1.29 is 13.9 Å². The lowest BCUT2D eigenvalue weighted by Crippen LogP contribution is -2.23. The number of methoxy groups -OCH3 is 1. The number of rotatable bonds is 9. The fourth-order valence-electron chi connectivity index (χ4n) is 3.53. The summed E-state index contributed by atoms with van der Waals surface area (Å²) in [5, 5.41) is 12.3. The molecule has 0 atom stereocenters. The quantitative estimate of drug-likeness (QED) is 0.341. The summed E-state index contributed by atoms with van der Waals surface area (Å²) in [5.74, 6) is 0.767. The van der Waals surface area contributed by atoms with Gasteiger partial charge in [-0.25, -0.2) is 4.39 Å². The standard InChI is InChI=1S/C26H25FN4O2S/c1-18-6-5-8-22(14-18)31-24(16-33-2)29-30-26(31)34-17-20-7-3-4-9-23(20)25(32)28-15-19-10-12-21(27)13-11-19/h3-14H,15-17H2,1-2H3,(H,28,32). The van der Waals surface area contributed by atoms with Crippen LogP contribution in [0.25, 0.3) is 5.69 Å². The van der Waals surface area contributed by atoms with Crippen LogP contribution in [-0.2, 0) is 23.6 Å². The third kappa shape index (κ3) is 5.70. The summed E-state index contributed by atoms with van der Waals surface area (Å²) < 4.78 is 20.4. The highest BCUT2D eigenvalue weighted by Gasteiger charge is 2.17. The summed E-state index contributed by atoms with van der Waals surface area (Å²) in [5.41, 5.74) is 4.41. The fourth-order valence-corrected chi connectivity index (χ4v) is 4.51. The molecule has 1 amide bonds. The number of carbonyl (C=O) groups excluding carboxylic acids is 1. The maximum atomic E-state index is 13.1. The third-order valence-corrected chi connectivity index (χ3v) is 6.20. The van der Waals surface area contributed by atoms with E-state index in [0.29, 0.717) is 30.3 Å². The first kappa shape index (κ1) is 23.7. The van der Waals surface area contributed by atoms with Crippen LogP contribution in [0.5, 0.6) is 0 Å². The smallest absolute Gasteiger partial charge is 0.251 e. The zero-order chi connectivity index (χ0) is 23.9. The number of aryl methyl sites for hydroxylation is 1. The third-order valence-electron chi connectivity index (χ3n) is 5.22. The summed E-state index contributed by atoms with van der Waals surface area (Å²) in [4.78, 5) is 12.9. The Hall–Kier alpha value is -3.49. The Labute approximate surface area is 202 Å². The first-order valence-corrected chi connectivity index (χ1v) is 11.8. The van der Waals surface area contributed by atoms with Crippen LogP contribution in [0.4, 0.5) is 4.39 Å². The molecule has 34 heavy (non-hydrogen) atoms. The van der Waals surface area contributed by atoms with Crippen LogP contribution in [0.15, 0.2) is 78.0 Å². The first-order chi connectivity index (χ1) is 16.5. The maximum absolute atomic E-state index is 13.1. The summed E-state index contributed by atoms with van der Waals surface area (Å²) in [6.45, 7) is 2.70. The highest BCUT2D eigenvalue weighted by Crippen LogP contribution is 2.27. The predicted molar refractivity (Wildman–Crippen MR) is 130 cm³/mol. The van der Waals surface area contributed by atoms with Gasteiger partial charge < -0.3 is 10.1 Å². The van der Waals surface area contributed by atoms with Gasteiger partial charge >= 0.3 is 0 Å². The van der Waals surface area contributed by atoms with Crippen molar-refractivity contribution in [2.24, 2.45) is 0 Å². The van der Waals surface area contributed by atoms with Crippen LogP contribution in [0.3, 0.4) is 0 Å². The number of nitrogens with one attached hydrogen (secondary N) is 1. The molecule has 0 saturated heterocycles. The normalized spacial score (nSPS) is 10.9. The van der Waals surface area contributed by atoms with E-state index >= 15 is 0 Å². The van der Waals surface area contributed by atoms with Crippen molar-refractivity contribution in [2.45, 2.75) is 31.0 Å². The molecule has 0 radical (unpaired) electrons. The molecule has 0 fully saturated rings. The molecule has 0 unspecified atom stereocenters. The molecule has 4 aromatic rings. The number of aromatic nitrogens is 3. The molecule has 0 aliphatic rings. The molecule has 6 nitrogen and oxygen atoms in total. The van der Waals surface area contributed by atoms with Crippen molar-refractivity contribution in [1.82, 2.24) is 20.1 Å².